The molecule has 1 saturated heterocycles. The molecule has 9 heteroatoms. The van der Waals surface area contributed by atoms with Crippen LogP contribution in [0.2, 0.25) is 0 Å². The highest BCUT2D eigenvalue weighted by Crippen LogP contribution is 2.21. The van der Waals surface area contributed by atoms with E-state index in [0.717, 1.165) is 5.56 Å². The van der Waals surface area contributed by atoms with Gasteiger partial charge in [0.1, 0.15) is 5.82 Å². The van der Waals surface area contributed by atoms with Crippen molar-refractivity contribution in [3.8, 4) is 0 Å². The summed E-state index contributed by atoms with van der Waals surface area (Å²) >= 11 is 0. The van der Waals surface area contributed by atoms with Crippen molar-refractivity contribution in [2.45, 2.75) is 11.4 Å². The second-order valence-electron chi connectivity index (χ2n) is 6.60. The number of hydrogen-bond acceptors (Lipinski definition) is 4. The Morgan fingerprint density at radius 1 is 0.963 bits per heavy atom. The van der Waals surface area contributed by atoms with Gasteiger partial charge in [0.15, 0.2) is 0 Å². The number of benzene rings is 2. The molecule has 27 heavy (non-hydrogen) atoms. The highest BCUT2D eigenvalue weighted by Gasteiger charge is 2.28. The van der Waals surface area contributed by atoms with E-state index in [0.29, 0.717) is 43.8 Å². The highest BCUT2D eigenvalue weighted by molar-refractivity contribution is 7.89. The normalized spacial score (nSPS) is 16.8. The predicted molar refractivity (Wildman–Crippen MR) is 99.4 cm³/mol. The van der Waals surface area contributed by atoms with Gasteiger partial charge in [0.25, 0.3) is 0 Å². The van der Waals surface area contributed by atoms with E-state index in [1.807, 2.05) is 6.07 Å². The fraction of sp³-hybridized carbons (Fsp3) is 0.278. The fourth-order valence-electron chi connectivity index (χ4n) is 3.34. The Hall–Kier alpha value is -2.49. The van der Waals surface area contributed by atoms with Crippen LogP contribution in [-0.2, 0) is 16.6 Å². The summed E-state index contributed by atoms with van der Waals surface area (Å²) in [6.45, 7) is 2.44. The molecule has 0 atom stereocenters. The number of rotatable bonds is 4. The molecule has 0 amide bonds. The molecule has 0 bridgehead atoms. The number of aromatic amines is 2. The summed E-state index contributed by atoms with van der Waals surface area (Å²) in [7, 11) is -3.64. The third-order valence-electron chi connectivity index (χ3n) is 4.75. The minimum absolute atomic E-state index is 0.156. The van der Waals surface area contributed by atoms with Crippen LogP contribution in [-0.4, -0.2) is 53.8 Å². The van der Waals surface area contributed by atoms with Gasteiger partial charge in [-0.2, -0.15) is 4.31 Å². The summed E-state index contributed by atoms with van der Waals surface area (Å²) in [5, 5.41) is 0. The number of H-pyrrole nitrogens is 2. The number of hydrogen-bond donors (Lipinski definition) is 2. The number of fused-ring (bicyclic) bond motifs is 1. The van der Waals surface area contributed by atoms with Gasteiger partial charge < -0.3 is 9.97 Å². The maximum Gasteiger partial charge on any atom is 0.323 e. The zero-order valence-electron chi connectivity index (χ0n) is 14.5. The molecule has 0 radical (unpaired) electrons. The molecule has 0 spiro atoms. The van der Waals surface area contributed by atoms with Gasteiger partial charge in [-0.3, -0.25) is 4.90 Å². The van der Waals surface area contributed by atoms with Crippen LogP contribution >= 0.6 is 0 Å². The predicted octanol–water partition coefficient (Wildman–Crippen LogP) is 1.50. The molecule has 2 N–H and O–H groups in total. The monoisotopic (exact) mass is 390 g/mol. The lowest BCUT2D eigenvalue weighted by Crippen LogP contribution is -2.48. The van der Waals surface area contributed by atoms with E-state index in [2.05, 4.69) is 14.9 Å². The van der Waals surface area contributed by atoms with Crippen LogP contribution in [0.4, 0.5) is 4.39 Å². The maximum absolute atomic E-state index is 13.3. The minimum Gasteiger partial charge on any atom is -0.306 e. The molecule has 7 nitrogen and oxygen atoms in total. The number of sulfonamides is 1. The molecule has 0 aliphatic carbocycles. The largest absolute Gasteiger partial charge is 0.323 e. The van der Waals surface area contributed by atoms with Crippen molar-refractivity contribution in [2.24, 2.45) is 0 Å². The Bertz CT molecular complexity index is 1130. The maximum atomic E-state index is 13.3. The van der Waals surface area contributed by atoms with Gasteiger partial charge in [0, 0.05) is 32.7 Å². The van der Waals surface area contributed by atoms with E-state index < -0.39 is 10.0 Å². The summed E-state index contributed by atoms with van der Waals surface area (Å²) in [5.41, 5.74) is 1.53. The van der Waals surface area contributed by atoms with Crippen molar-refractivity contribution < 1.29 is 12.8 Å². The second kappa shape index (κ2) is 6.91. The number of nitrogens with one attached hydrogen (secondary N) is 2. The molecule has 1 aliphatic rings. The van der Waals surface area contributed by atoms with Crippen molar-refractivity contribution in [1.29, 1.82) is 0 Å². The standard InChI is InChI=1S/C18H19FN4O3S/c19-14-3-1-2-13(10-14)12-22-6-8-23(9-7-22)27(25,26)15-4-5-16-17(11-15)21-18(24)20-16/h1-5,10-11H,6-9,12H2,(H2,20,21,24). The molecule has 0 saturated carbocycles. The van der Waals surface area contributed by atoms with Crippen LogP contribution in [0.5, 0.6) is 0 Å². The zero-order valence-corrected chi connectivity index (χ0v) is 15.3. The SMILES string of the molecule is O=c1[nH]c2ccc(S(=O)(=O)N3CCN(Cc4cccc(F)c4)CC3)cc2[nH]1. The Balaban J connectivity index is 1.46. The lowest BCUT2D eigenvalue weighted by Gasteiger charge is -2.34. The van der Waals surface area contributed by atoms with Gasteiger partial charge in [0.2, 0.25) is 10.0 Å². The first-order chi connectivity index (χ1) is 12.9. The summed E-state index contributed by atoms with van der Waals surface area (Å²) in [6, 6.07) is 11.0. The Kier molecular flexibility index (Phi) is 4.58. The van der Waals surface area contributed by atoms with Gasteiger partial charge >= 0.3 is 5.69 Å². The van der Waals surface area contributed by atoms with Crippen molar-refractivity contribution in [3.63, 3.8) is 0 Å². The quantitative estimate of drug-likeness (QED) is 0.707. The molecule has 1 aliphatic heterocycles. The molecule has 2 heterocycles. The van der Waals surface area contributed by atoms with Crippen molar-refractivity contribution in [1.82, 2.24) is 19.2 Å². The Labute approximate surface area is 155 Å². The number of piperazine rings is 1. The van der Waals surface area contributed by atoms with Gasteiger partial charge in [-0.15, -0.1) is 0 Å². The fourth-order valence-corrected chi connectivity index (χ4v) is 4.79. The number of halogens is 1. The van der Waals surface area contributed by atoms with Crippen LogP contribution in [0.3, 0.4) is 0 Å². The summed E-state index contributed by atoms with van der Waals surface area (Å²) in [5.74, 6) is -0.271. The first kappa shape index (κ1) is 17.9. The van der Waals surface area contributed by atoms with Crippen LogP contribution in [0.15, 0.2) is 52.2 Å². The zero-order chi connectivity index (χ0) is 19.0. The van der Waals surface area contributed by atoms with E-state index in [4.69, 9.17) is 0 Å². The number of nitrogens with zero attached hydrogens (tertiary/aromatic N) is 2. The average molecular weight is 390 g/mol. The van der Waals surface area contributed by atoms with Gasteiger partial charge in [-0.25, -0.2) is 17.6 Å². The summed E-state index contributed by atoms with van der Waals surface area (Å²) < 4.78 is 40.6. The minimum atomic E-state index is -3.64. The average Bonchev–Trinajstić information content (AvgIpc) is 3.01. The van der Waals surface area contributed by atoms with E-state index in [1.54, 1.807) is 12.1 Å². The first-order valence-electron chi connectivity index (χ1n) is 8.61. The van der Waals surface area contributed by atoms with Gasteiger partial charge in [-0.05, 0) is 35.9 Å². The molecule has 2 aromatic carbocycles. The third-order valence-corrected chi connectivity index (χ3v) is 6.65. The summed E-state index contributed by atoms with van der Waals surface area (Å²) in [6.07, 6.45) is 0. The molecular weight excluding hydrogens is 371 g/mol. The smallest absolute Gasteiger partial charge is 0.306 e. The lowest BCUT2D eigenvalue weighted by atomic mass is 10.2. The third kappa shape index (κ3) is 3.66. The van der Waals surface area contributed by atoms with Gasteiger partial charge in [-0.1, -0.05) is 12.1 Å². The first-order valence-corrected chi connectivity index (χ1v) is 10.0. The molecule has 0 unspecified atom stereocenters. The molecule has 1 fully saturated rings. The van der Waals surface area contributed by atoms with Gasteiger partial charge in [0.05, 0.1) is 15.9 Å². The molecule has 142 valence electrons. The van der Waals surface area contributed by atoms with Crippen molar-refractivity contribution in [2.75, 3.05) is 26.2 Å². The highest BCUT2D eigenvalue weighted by atomic mass is 32.2. The molecular formula is C18H19FN4O3S. The van der Waals surface area contributed by atoms with E-state index in [1.165, 1.54) is 28.6 Å². The Morgan fingerprint density at radius 2 is 1.70 bits per heavy atom. The van der Waals surface area contributed by atoms with Crippen molar-refractivity contribution in [3.05, 3.63) is 64.3 Å². The van der Waals surface area contributed by atoms with E-state index in [-0.39, 0.29) is 16.4 Å². The molecule has 3 aromatic rings. The second-order valence-corrected chi connectivity index (χ2v) is 8.53. The summed E-state index contributed by atoms with van der Waals surface area (Å²) in [4.78, 5) is 18.8. The van der Waals surface area contributed by atoms with Crippen LogP contribution in [0.25, 0.3) is 11.0 Å². The van der Waals surface area contributed by atoms with Crippen LogP contribution in [0.1, 0.15) is 5.56 Å². The number of imidazole rings is 1. The van der Waals surface area contributed by atoms with Crippen LogP contribution < -0.4 is 5.69 Å². The number of aromatic nitrogens is 2. The van der Waals surface area contributed by atoms with E-state index in [9.17, 15) is 17.6 Å². The lowest BCUT2D eigenvalue weighted by molar-refractivity contribution is 0.181. The molecule has 4 rings (SSSR count). The van der Waals surface area contributed by atoms with Crippen molar-refractivity contribution >= 4 is 21.1 Å². The van der Waals surface area contributed by atoms with Crippen LogP contribution in [0, 0.1) is 5.82 Å². The van der Waals surface area contributed by atoms with E-state index >= 15 is 0 Å². The molecule has 1 aromatic heterocycles. The Morgan fingerprint density at radius 3 is 2.44 bits per heavy atom. The topological polar surface area (TPSA) is 89.3 Å².